The predicted molar refractivity (Wildman–Crippen MR) is 52.1 cm³/mol. The molecule has 1 N–H and O–H groups in total. The third-order valence-corrected chi connectivity index (χ3v) is 1.59. The Labute approximate surface area is 80.9 Å². The molecule has 0 spiro atoms. The fourth-order valence-corrected chi connectivity index (χ4v) is 1.14. The van der Waals surface area contributed by atoms with E-state index in [9.17, 15) is 14.9 Å². The van der Waals surface area contributed by atoms with Gasteiger partial charge in [0.1, 0.15) is 0 Å². The Balaban J connectivity index is 3.07. The zero-order valence-corrected chi connectivity index (χ0v) is 7.90. The van der Waals surface area contributed by atoms with Crippen molar-refractivity contribution in [3.8, 4) is 0 Å². The Hall–Kier alpha value is -1.91. The summed E-state index contributed by atoms with van der Waals surface area (Å²) in [7, 11) is 0. The Morgan fingerprint density at radius 2 is 2.07 bits per heavy atom. The highest BCUT2D eigenvalue weighted by Gasteiger charge is 2.08. The zero-order valence-electron chi connectivity index (χ0n) is 7.90. The molecule has 1 rings (SSSR count). The van der Waals surface area contributed by atoms with Crippen LogP contribution in [-0.2, 0) is 4.79 Å². The summed E-state index contributed by atoms with van der Waals surface area (Å²) in [6.45, 7) is 3.09. The number of rotatable bonds is 2. The van der Waals surface area contributed by atoms with Gasteiger partial charge in [-0.25, -0.2) is 0 Å². The van der Waals surface area contributed by atoms with E-state index in [1.165, 1.54) is 19.1 Å². The second-order valence-electron chi connectivity index (χ2n) is 3.00. The van der Waals surface area contributed by atoms with Crippen LogP contribution in [-0.4, -0.2) is 10.8 Å². The average Bonchev–Trinajstić information content (AvgIpc) is 2.01. The number of carbonyl (C=O) groups excluding carboxylic acids is 1. The molecule has 14 heavy (non-hydrogen) atoms. The fourth-order valence-electron chi connectivity index (χ4n) is 1.14. The summed E-state index contributed by atoms with van der Waals surface area (Å²) in [5.74, 6) is -0.245. The van der Waals surface area contributed by atoms with Crippen molar-refractivity contribution in [3.05, 3.63) is 33.9 Å². The van der Waals surface area contributed by atoms with Crippen LogP contribution in [0.15, 0.2) is 18.2 Å². The maximum Gasteiger partial charge on any atom is 0.271 e. The molecule has 0 aliphatic carbocycles. The number of benzene rings is 1. The molecular formula is C9H10N2O3. The molecule has 0 heterocycles. The highest BCUT2D eigenvalue weighted by molar-refractivity contribution is 5.89. The summed E-state index contributed by atoms with van der Waals surface area (Å²) in [6, 6.07) is 4.45. The number of nitro groups is 1. The van der Waals surface area contributed by atoms with Gasteiger partial charge in [-0.3, -0.25) is 14.9 Å². The van der Waals surface area contributed by atoms with Crippen molar-refractivity contribution >= 4 is 17.3 Å². The molecule has 5 heteroatoms. The number of amides is 1. The highest BCUT2D eigenvalue weighted by atomic mass is 16.6. The quantitative estimate of drug-likeness (QED) is 0.576. The molecule has 1 amide bonds. The lowest BCUT2D eigenvalue weighted by Gasteiger charge is -2.02. The maximum atomic E-state index is 10.7. The minimum atomic E-state index is -0.488. The lowest BCUT2D eigenvalue weighted by molar-refractivity contribution is -0.384. The van der Waals surface area contributed by atoms with Crippen LogP contribution in [0, 0.1) is 17.0 Å². The number of nitrogens with one attached hydrogen (secondary N) is 1. The van der Waals surface area contributed by atoms with Gasteiger partial charge in [0.25, 0.3) is 5.69 Å². The van der Waals surface area contributed by atoms with E-state index in [0.717, 1.165) is 5.56 Å². The molecule has 0 unspecified atom stereocenters. The van der Waals surface area contributed by atoms with Crippen LogP contribution in [0.4, 0.5) is 11.4 Å². The van der Waals surface area contributed by atoms with E-state index >= 15 is 0 Å². The number of nitro benzene ring substituents is 1. The summed E-state index contributed by atoms with van der Waals surface area (Å²) in [5, 5.41) is 13.0. The SMILES string of the molecule is CC(=O)Nc1cc(C)cc([N+](=O)[O-])c1. The molecule has 5 nitrogen and oxygen atoms in total. The lowest BCUT2D eigenvalue weighted by atomic mass is 10.2. The molecule has 0 bridgehead atoms. The van der Waals surface area contributed by atoms with Crippen LogP contribution in [0.2, 0.25) is 0 Å². The van der Waals surface area contributed by atoms with Crippen molar-refractivity contribution < 1.29 is 9.72 Å². The molecule has 1 aromatic carbocycles. The van der Waals surface area contributed by atoms with Crippen molar-refractivity contribution in [2.24, 2.45) is 0 Å². The van der Waals surface area contributed by atoms with Crippen molar-refractivity contribution in [3.63, 3.8) is 0 Å². The van der Waals surface area contributed by atoms with Gasteiger partial charge in [0, 0.05) is 24.7 Å². The van der Waals surface area contributed by atoms with Gasteiger partial charge in [0.05, 0.1) is 4.92 Å². The lowest BCUT2D eigenvalue weighted by Crippen LogP contribution is -2.06. The molecule has 0 radical (unpaired) electrons. The van der Waals surface area contributed by atoms with Crippen molar-refractivity contribution in [1.29, 1.82) is 0 Å². The van der Waals surface area contributed by atoms with E-state index < -0.39 is 4.92 Å². The highest BCUT2D eigenvalue weighted by Crippen LogP contribution is 2.20. The molecule has 0 aliphatic heterocycles. The second kappa shape index (κ2) is 3.87. The number of anilines is 1. The molecule has 74 valence electrons. The standard InChI is InChI=1S/C9H10N2O3/c1-6-3-8(10-7(2)12)5-9(4-6)11(13)14/h3-5H,1-2H3,(H,10,12). The van der Waals surface area contributed by atoms with E-state index in [2.05, 4.69) is 5.32 Å². The summed E-state index contributed by atoms with van der Waals surface area (Å²) in [5.41, 5.74) is 1.17. The second-order valence-corrected chi connectivity index (χ2v) is 3.00. The smallest absolute Gasteiger partial charge is 0.271 e. The van der Waals surface area contributed by atoms with Crippen molar-refractivity contribution in [2.45, 2.75) is 13.8 Å². The Morgan fingerprint density at radius 3 is 2.57 bits per heavy atom. The number of carbonyl (C=O) groups is 1. The molecule has 0 aliphatic rings. The number of nitrogens with zero attached hydrogens (tertiary/aromatic N) is 1. The topological polar surface area (TPSA) is 72.2 Å². The van der Waals surface area contributed by atoms with E-state index in [1.54, 1.807) is 13.0 Å². The van der Waals surface area contributed by atoms with Gasteiger partial charge in [0.15, 0.2) is 0 Å². The Bertz CT molecular complexity index is 388. The van der Waals surface area contributed by atoms with E-state index in [1.807, 2.05) is 0 Å². The number of aryl methyl sites for hydroxylation is 1. The average molecular weight is 194 g/mol. The first-order valence-electron chi connectivity index (χ1n) is 4.02. The van der Waals surface area contributed by atoms with Gasteiger partial charge < -0.3 is 5.32 Å². The maximum absolute atomic E-state index is 10.7. The minimum absolute atomic E-state index is 0.0197. The monoisotopic (exact) mass is 194 g/mol. The Morgan fingerprint density at radius 1 is 1.43 bits per heavy atom. The molecule has 0 atom stereocenters. The van der Waals surface area contributed by atoms with E-state index in [-0.39, 0.29) is 11.6 Å². The van der Waals surface area contributed by atoms with Crippen LogP contribution in [0.3, 0.4) is 0 Å². The molecule has 0 saturated heterocycles. The Kier molecular flexibility index (Phi) is 2.81. The van der Waals surface area contributed by atoms with Gasteiger partial charge >= 0.3 is 0 Å². The largest absolute Gasteiger partial charge is 0.326 e. The van der Waals surface area contributed by atoms with Gasteiger partial charge in [-0.15, -0.1) is 0 Å². The van der Waals surface area contributed by atoms with Crippen LogP contribution in [0.5, 0.6) is 0 Å². The fraction of sp³-hybridized carbons (Fsp3) is 0.222. The summed E-state index contributed by atoms with van der Waals surface area (Å²) in [4.78, 5) is 20.7. The summed E-state index contributed by atoms with van der Waals surface area (Å²) in [6.07, 6.45) is 0. The first-order chi connectivity index (χ1) is 6.49. The van der Waals surface area contributed by atoms with Crippen molar-refractivity contribution in [1.82, 2.24) is 0 Å². The van der Waals surface area contributed by atoms with Crippen LogP contribution >= 0.6 is 0 Å². The molecular weight excluding hydrogens is 184 g/mol. The van der Waals surface area contributed by atoms with Crippen molar-refractivity contribution in [2.75, 3.05) is 5.32 Å². The predicted octanol–water partition coefficient (Wildman–Crippen LogP) is 1.86. The summed E-state index contributed by atoms with van der Waals surface area (Å²) >= 11 is 0. The van der Waals surface area contributed by atoms with Gasteiger partial charge in [-0.2, -0.15) is 0 Å². The first kappa shape index (κ1) is 10.2. The van der Waals surface area contributed by atoms with Gasteiger partial charge in [-0.05, 0) is 18.6 Å². The van der Waals surface area contributed by atoms with E-state index in [4.69, 9.17) is 0 Å². The molecule has 0 fully saturated rings. The normalized spacial score (nSPS) is 9.57. The molecule has 0 saturated carbocycles. The van der Waals surface area contributed by atoms with Crippen LogP contribution in [0.25, 0.3) is 0 Å². The van der Waals surface area contributed by atoms with Gasteiger partial charge in [-0.1, -0.05) is 0 Å². The van der Waals surface area contributed by atoms with Gasteiger partial charge in [0.2, 0.25) is 5.91 Å². The molecule has 1 aromatic rings. The first-order valence-corrected chi connectivity index (χ1v) is 4.02. The van der Waals surface area contributed by atoms with Crippen LogP contribution < -0.4 is 5.32 Å². The number of non-ortho nitro benzene ring substituents is 1. The zero-order chi connectivity index (χ0) is 10.7. The van der Waals surface area contributed by atoms with Crippen LogP contribution in [0.1, 0.15) is 12.5 Å². The number of hydrogen-bond donors (Lipinski definition) is 1. The van der Waals surface area contributed by atoms with E-state index in [0.29, 0.717) is 5.69 Å². The third-order valence-electron chi connectivity index (χ3n) is 1.59. The molecule has 0 aromatic heterocycles. The summed E-state index contributed by atoms with van der Waals surface area (Å²) < 4.78 is 0. The number of hydrogen-bond acceptors (Lipinski definition) is 3. The third kappa shape index (κ3) is 2.55. The minimum Gasteiger partial charge on any atom is -0.326 e.